The van der Waals surface area contributed by atoms with Gasteiger partial charge in [-0.15, -0.1) is 0 Å². The van der Waals surface area contributed by atoms with Gasteiger partial charge in [-0.2, -0.15) is 11.8 Å². The maximum absolute atomic E-state index is 11.0. The Morgan fingerprint density at radius 2 is 2.26 bits per heavy atom. The average Bonchev–Trinajstić information content (AvgIpc) is 2.73. The Hall–Kier alpha value is -1.49. The summed E-state index contributed by atoms with van der Waals surface area (Å²) in [5.41, 5.74) is 2.11. The highest BCUT2D eigenvalue weighted by atomic mass is 32.2. The summed E-state index contributed by atoms with van der Waals surface area (Å²) >= 11 is 1.80. The molecule has 0 bridgehead atoms. The topological polar surface area (TPSA) is 55.1 Å². The third kappa shape index (κ3) is 2.92. The van der Waals surface area contributed by atoms with Crippen LogP contribution in [0, 0.1) is 0 Å². The van der Waals surface area contributed by atoms with Gasteiger partial charge in [0.1, 0.15) is 5.82 Å². The number of aryl methyl sites for hydroxylation is 2. The van der Waals surface area contributed by atoms with Crippen molar-refractivity contribution in [2.24, 2.45) is 0 Å². The average molecular weight is 278 g/mol. The molecule has 0 aliphatic heterocycles. The number of hydrogen-bond acceptors (Lipinski definition) is 3. The second kappa shape index (κ2) is 6.10. The summed E-state index contributed by atoms with van der Waals surface area (Å²) in [6.45, 7) is 3.04. The molecule has 0 radical (unpaired) electrons. The fourth-order valence-corrected chi connectivity index (χ4v) is 2.52. The fraction of sp³-hybridized carbons (Fsp3) is 0.429. The Labute approximate surface area is 116 Å². The van der Waals surface area contributed by atoms with E-state index in [1.165, 1.54) is 0 Å². The first-order chi connectivity index (χ1) is 9.17. The van der Waals surface area contributed by atoms with Crippen molar-refractivity contribution in [3.63, 3.8) is 0 Å². The first-order valence-electron chi connectivity index (χ1n) is 6.38. The van der Waals surface area contributed by atoms with Gasteiger partial charge in [-0.3, -0.25) is 0 Å². The maximum Gasteiger partial charge on any atom is 0.335 e. The molecule has 102 valence electrons. The minimum Gasteiger partial charge on any atom is -0.478 e. The maximum atomic E-state index is 11.0. The van der Waals surface area contributed by atoms with Crippen LogP contribution in [-0.4, -0.2) is 32.6 Å². The van der Waals surface area contributed by atoms with Crippen LogP contribution in [-0.2, 0) is 13.0 Å². The van der Waals surface area contributed by atoms with Crippen molar-refractivity contribution in [1.29, 1.82) is 0 Å². The van der Waals surface area contributed by atoms with Gasteiger partial charge in [0.15, 0.2) is 0 Å². The van der Waals surface area contributed by atoms with Crippen molar-refractivity contribution < 1.29 is 9.90 Å². The van der Waals surface area contributed by atoms with Crippen molar-refractivity contribution in [3.8, 4) is 0 Å². The Kier molecular flexibility index (Phi) is 4.47. The minimum absolute atomic E-state index is 0.296. The molecule has 0 aliphatic rings. The van der Waals surface area contributed by atoms with E-state index in [1.807, 2.05) is 6.07 Å². The summed E-state index contributed by atoms with van der Waals surface area (Å²) in [6.07, 6.45) is 4.04. The summed E-state index contributed by atoms with van der Waals surface area (Å²) < 4.78 is 2.21. The zero-order valence-electron chi connectivity index (χ0n) is 11.2. The molecular formula is C14H18N2O2S. The highest BCUT2D eigenvalue weighted by Gasteiger charge is 2.12. The number of benzene rings is 1. The van der Waals surface area contributed by atoms with Crippen molar-refractivity contribution in [1.82, 2.24) is 9.55 Å². The quantitative estimate of drug-likeness (QED) is 0.882. The van der Waals surface area contributed by atoms with E-state index in [4.69, 9.17) is 5.11 Å². The summed E-state index contributed by atoms with van der Waals surface area (Å²) in [4.78, 5) is 15.6. The lowest BCUT2D eigenvalue weighted by molar-refractivity contribution is 0.0697. The number of aromatic nitrogens is 2. The normalized spacial score (nSPS) is 11.1. The number of carbonyl (C=O) groups is 1. The number of fused-ring (bicyclic) bond motifs is 1. The molecule has 0 saturated carbocycles. The SMILES string of the molecule is CCCc1nc2cc(C(=O)O)ccc2n1CCSC. The number of carboxylic acid groups (broad SMARTS) is 1. The van der Waals surface area contributed by atoms with Gasteiger partial charge in [0.05, 0.1) is 16.6 Å². The molecule has 4 nitrogen and oxygen atoms in total. The van der Waals surface area contributed by atoms with E-state index >= 15 is 0 Å². The number of carboxylic acids is 1. The molecule has 0 spiro atoms. The predicted molar refractivity (Wildman–Crippen MR) is 79.1 cm³/mol. The summed E-state index contributed by atoms with van der Waals surface area (Å²) in [5, 5.41) is 9.03. The molecule has 1 N–H and O–H groups in total. The molecule has 0 aliphatic carbocycles. The molecule has 2 rings (SSSR count). The lowest BCUT2D eigenvalue weighted by Gasteiger charge is -2.07. The van der Waals surface area contributed by atoms with E-state index in [0.717, 1.165) is 42.0 Å². The predicted octanol–water partition coefficient (Wildman–Crippen LogP) is 3.05. The lowest BCUT2D eigenvalue weighted by atomic mass is 10.2. The molecule has 1 aromatic heterocycles. The van der Waals surface area contributed by atoms with Crippen LogP contribution in [0.15, 0.2) is 18.2 Å². The van der Waals surface area contributed by atoms with E-state index in [0.29, 0.717) is 5.56 Å². The minimum atomic E-state index is -0.905. The Bertz CT molecular complexity index is 592. The largest absolute Gasteiger partial charge is 0.478 e. The van der Waals surface area contributed by atoms with Crippen molar-refractivity contribution >= 4 is 28.8 Å². The van der Waals surface area contributed by atoms with Crippen LogP contribution in [0.4, 0.5) is 0 Å². The molecule has 2 aromatic rings. The summed E-state index contributed by atoms with van der Waals surface area (Å²) in [7, 11) is 0. The third-order valence-electron chi connectivity index (χ3n) is 3.07. The third-order valence-corrected chi connectivity index (χ3v) is 3.66. The van der Waals surface area contributed by atoms with Crippen molar-refractivity contribution in [2.75, 3.05) is 12.0 Å². The Morgan fingerprint density at radius 1 is 1.47 bits per heavy atom. The van der Waals surface area contributed by atoms with Gasteiger partial charge < -0.3 is 9.67 Å². The zero-order valence-corrected chi connectivity index (χ0v) is 12.0. The van der Waals surface area contributed by atoms with E-state index < -0.39 is 5.97 Å². The van der Waals surface area contributed by atoms with Crippen LogP contribution in [0.3, 0.4) is 0 Å². The second-order valence-corrected chi connectivity index (χ2v) is 5.42. The molecule has 0 unspecified atom stereocenters. The number of hydrogen-bond donors (Lipinski definition) is 1. The van der Waals surface area contributed by atoms with Gasteiger partial charge in [-0.05, 0) is 30.9 Å². The van der Waals surface area contributed by atoms with Gasteiger partial charge in [0.25, 0.3) is 0 Å². The van der Waals surface area contributed by atoms with Gasteiger partial charge in [0.2, 0.25) is 0 Å². The van der Waals surface area contributed by atoms with Gasteiger partial charge in [-0.1, -0.05) is 6.92 Å². The molecule has 0 atom stereocenters. The van der Waals surface area contributed by atoms with Crippen LogP contribution in [0.25, 0.3) is 11.0 Å². The standard InChI is InChI=1S/C14H18N2O2S/c1-3-4-13-15-11-9-10(14(17)18)5-6-12(11)16(13)7-8-19-2/h5-6,9H,3-4,7-8H2,1-2H3,(H,17,18). The van der Waals surface area contributed by atoms with Gasteiger partial charge >= 0.3 is 5.97 Å². The second-order valence-electron chi connectivity index (χ2n) is 4.43. The van der Waals surface area contributed by atoms with Crippen LogP contribution in [0.5, 0.6) is 0 Å². The molecule has 19 heavy (non-hydrogen) atoms. The summed E-state index contributed by atoms with van der Waals surface area (Å²) in [6, 6.07) is 5.18. The fourth-order valence-electron chi connectivity index (χ4n) is 2.16. The highest BCUT2D eigenvalue weighted by molar-refractivity contribution is 7.98. The molecular weight excluding hydrogens is 260 g/mol. The Morgan fingerprint density at radius 3 is 2.89 bits per heavy atom. The van der Waals surface area contributed by atoms with Gasteiger partial charge in [0, 0.05) is 18.7 Å². The van der Waals surface area contributed by atoms with Crippen LogP contribution >= 0.6 is 11.8 Å². The number of thioether (sulfide) groups is 1. The van der Waals surface area contributed by atoms with E-state index in [9.17, 15) is 4.79 Å². The number of aromatic carboxylic acids is 1. The highest BCUT2D eigenvalue weighted by Crippen LogP contribution is 2.19. The van der Waals surface area contributed by atoms with E-state index in [1.54, 1.807) is 23.9 Å². The van der Waals surface area contributed by atoms with Gasteiger partial charge in [-0.25, -0.2) is 9.78 Å². The van der Waals surface area contributed by atoms with Crippen LogP contribution < -0.4 is 0 Å². The Balaban J connectivity index is 2.49. The molecule has 0 fully saturated rings. The zero-order chi connectivity index (χ0) is 13.8. The monoisotopic (exact) mass is 278 g/mol. The number of imidazole rings is 1. The van der Waals surface area contributed by atoms with Crippen LogP contribution in [0.2, 0.25) is 0 Å². The van der Waals surface area contributed by atoms with E-state index in [2.05, 4.69) is 22.7 Å². The molecule has 5 heteroatoms. The number of nitrogens with zero attached hydrogens (tertiary/aromatic N) is 2. The van der Waals surface area contributed by atoms with E-state index in [-0.39, 0.29) is 0 Å². The first kappa shape index (κ1) is 13.9. The number of rotatable bonds is 6. The summed E-state index contributed by atoms with van der Waals surface area (Å²) in [5.74, 6) is 1.18. The molecule has 0 saturated heterocycles. The van der Waals surface area contributed by atoms with Crippen LogP contribution in [0.1, 0.15) is 29.5 Å². The first-order valence-corrected chi connectivity index (χ1v) is 7.78. The van der Waals surface area contributed by atoms with Crippen molar-refractivity contribution in [2.45, 2.75) is 26.3 Å². The molecule has 0 amide bonds. The van der Waals surface area contributed by atoms with Crippen molar-refractivity contribution in [3.05, 3.63) is 29.6 Å². The molecule has 1 heterocycles. The molecule has 1 aromatic carbocycles. The lowest BCUT2D eigenvalue weighted by Crippen LogP contribution is -2.05. The smallest absolute Gasteiger partial charge is 0.335 e.